The molecule has 0 spiro atoms. The van der Waals surface area contributed by atoms with Crippen LogP contribution in [0.1, 0.15) is 16.7 Å². The van der Waals surface area contributed by atoms with E-state index in [0.29, 0.717) is 0 Å². The molecule has 0 N–H and O–H groups in total. The Hall–Kier alpha value is -7.74. The molecule has 0 aliphatic carbocycles. The molecule has 0 radical (unpaired) electrons. The molecule has 0 aliphatic rings. The van der Waals surface area contributed by atoms with Gasteiger partial charge >= 0.3 is 0 Å². The molecule has 59 heavy (non-hydrogen) atoms. The molecule has 0 saturated carbocycles. The van der Waals surface area contributed by atoms with Crippen molar-refractivity contribution in [1.82, 2.24) is 0 Å². The molecule has 0 bridgehead atoms. The Bertz CT molecular complexity index is 3000. The van der Waals surface area contributed by atoms with Gasteiger partial charge in [-0.1, -0.05) is 201 Å². The lowest BCUT2D eigenvalue weighted by atomic mass is 9.85. The number of allylic oxidation sites excluding steroid dienone is 5. The highest BCUT2D eigenvalue weighted by Gasteiger charge is 2.17. The van der Waals surface area contributed by atoms with Crippen molar-refractivity contribution in [3.05, 3.63) is 254 Å². The molecule has 0 aliphatic heterocycles. The summed E-state index contributed by atoms with van der Waals surface area (Å²) in [5, 5.41) is 7.52. The Morgan fingerprint density at radius 3 is 1.49 bits per heavy atom. The van der Waals surface area contributed by atoms with E-state index in [1.165, 1.54) is 54.6 Å². The molecule has 0 amide bonds. The van der Waals surface area contributed by atoms with Gasteiger partial charge in [-0.2, -0.15) is 0 Å². The van der Waals surface area contributed by atoms with Gasteiger partial charge in [-0.3, -0.25) is 0 Å². The van der Waals surface area contributed by atoms with Crippen LogP contribution in [0, 0.1) is 0 Å². The zero-order valence-corrected chi connectivity index (χ0v) is 32.9. The van der Waals surface area contributed by atoms with Crippen molar-refractivity contribution in [3.63, 3.8) is 0 Å². The highest BCUT2D eigenvalue weighted by atomic mass is 15.1. The molecule has 0 saturated heterocycles. The number of hydrogen-bond donors (Lipinski definition) is 0. The highest BCUT2D eigenvalue weighted by Crippen LogP contribution is 2.44. The van der Waals surface area contributed by atoms with Crippen LogP contribution in [-0.4, -0.2) is 0 Å². The van der Waals surface area contributed by atoms with E-state index in [0.717, 1.165) is 39.3 Å². The predicted octanol–water partition coefficient (Wildman–Crippen LogP) is 16.4. The molecule has 0 unspecified atom stereocenters. The van der Waals surface area contributed by atoms with Gasteiger partial charge < -0.3 is 4.90 Å². The number of rotatable bonds is 11. The lowest BCUT2D eigenvalue weighted by Crippen LogP contribution is -2.09. The first-order valence-corrected chi connectivity index (χ1v) is 20.1. The van der Waals surface area contributed by atoms with Gasteiger partial charge in [-0.15, -0.1) is 0 Å². The second-order valence-corrected chi connectivity index (χ2v) is 14.7. The molecular weight excluding hydrogens is 711 g/mol. The maximum Gasteiger partial charge on any atom is 0.0462 e. The van der Waals surface area contributed by atoms with Crippen LogP contribution in [0.5, 0.6) is 0 Å². The average Bonchev–Trinajstić information content (AvgIpc) is 3.30. The summed E-state index contributed by atoms with van der Waals surface area (Å²) in [6.45, 7) is 7.70. The normalized spacial score (nSPS) is 11.8. The number of anilines is 3. The lowest BCUT2D eigenvalue weighted by molar-refractivity contribution is 1.28. The minimum Gasteiger partial charge on any atom is -0.311 e. The Morgan fingerprint density at radius 1 is 0.390 bits per heavy atom. The SMILES string of the molecule is C=C/C=C(C=C)/C=C/c1ccc(N(c2ccccc2)c2ccc(/C=C/c3cccc(-c4c5ccccc5c(-c5ccc6ccccc6c5)c5ccccc45)c3)cc2)cc1. The molecule has 280 valence electrons. The molecule has 0 atom stereocenters. The zero-order chi connectivity index (χ0) is 40.0. The number of hydrogen-bond acceptors (Lipinski definition) is 1. The van der Waals surface area contributed by atoms with E-state index in [1.807, 2.05) is 12.2 Å². The molecule has 0 aromatic heterocycles. The third-order valence-electron chi connectivity index (χ3n) is 10.9. The third kappa shape index (κ3) is 7.70. The fraction of sp³-hybridized carbons (Fsp3) is 0. The zero-order valence-electron chi connectivity index (χ0n) is 32.9. The molecule has 9 rings (SSSR count). The number of fused-ring (bicyclic) bond motifs is 3. The van der Waals surface area contributed by atoms with Crippen molar-refractivity contribution < 1.29 is 0 Å². The second kappa shape index (κ2) is 16.8. The van der Waals surface area contributed by atoms with E-state index < -0.39 is 0 Å². The molecule has 9 aromatic rings. The minimum atomic E-state index is 1.02. The lowest BCUT2D eigenvalue weighted by Gasteiger charge is -2.25. The molecular formula is C58H43N. The summed E-state index contributed by atoms with van der Waals surface area (Å²) in [5.41, 5.74) is 12.7. The van der Waals surface area contributed by atoms with Crippen molar-refractivity contribution in [2.24, 2.45) is 0 Å². The second-order valence-electron chi connectivity index (χ2n) is 14.7. The van der Waals surface area contributed by atoms with Crippen LogP contribution in [0.2, 0.25) is 0 Å². The standard InChI is InChI=1S/C58H43N/c1-3-15-42(4-2)26-27-43-30-36-51(37-31-43)59(50-20-6-5-7-21-50)52-38-32-44(33-39-52)28-29-45-16-14-19-48(40-45)57-53-22-10-12-24-55(53)58(56-25-13-11-23-54(56)57)49-35-34-46-17-8-9-18-47(46)41-49/h3-41H,1-2H2/b27-26+,29-28+,42-15+. The topological polar surface area (TPSA) is 3.24 Å². The maximum absolute atomic E-state index is 3.90. The number of benzene rings is 9. The van der Waals surface area contributed by atoms with Gasteiger partial charge in [0.25, 0.3) is 0 Å². The molecule has 9 aromatic carbocycles. The fourth-order valence-corrected chi connectivity index (χ4v) is 8.10. The Kier molecular flexibility index (Phi) is 10.5. The summed E-state index contributed by atoms with van der Waals surface area (Å²) < 4.78 is 0. The van der Waals surface area contributed by atoms with Crippen molar-refractivity contribution >= 4 is 67.6 Å². The Balaban J connectivity index is 1.03. The molecule has 1 heteroatoms. The summed E-state index contributed by atoms with van der Waals surface area (Å²) in [7, 11) is 0. The Labute approximate surface area is 347 Å². The van der Waals surface area contributed by atoms with Gasteiger partial charge in [-0.05, 0) is 125 Å². The quantitative estimate of drug-likeness (QED) is 0.0722. The summed E-state index contributed by atoms with van der Waals surface area (Å²) in [6, 6.07) is 70.0. The largest absolute Gasteiger partial charge is 0.311 e. The van der Waals surface area contributed by atoms with Crippen LogP contribution >= 0.6 is 0 Å². The van der Waals surface area contributed by atoms with Crippen LogP contribution < -0.4 is 4.90 Å². The Morgan fingerprint density at radius 2 is 0.898 bits per heavy atom. The van der Waals surface area contributed by atoms with Gasteiger partial charge in [0.05, 0.1) is 0 Å². The van der Waals surface area contributed by atoms with Crippen LogP contribution in [-0.2, 0) is 0 Å². The van der Waals surface area contributed by atoms with E-state index in [-0.39, 0.29) is 0 Å². The summed E-state index contributed by atoms with van der Waals surface area (Å²) in [6.07, 6.45) is 14.1. The molecule has 0 fully saturated rings. The van der Waals surface area contributed by atoms with Crippen LogP contribution in [0.25, 0.3) is 72.8 Å². The number of nitrogens with zero attached hydrogens (tertiary/aromatic N) is 1. The minimum absolute atomic E-state index is 1.02. The van der Waals surface area contributed by atoms with Gasteiger partial charge in [0.2, 0.25) is 0 Å². The van der Waals surface area contributed by atoms with Crippen LogP contribution in [0.3, 0.4) is 0 Å². The molecule has 1 nitrogen and oxygen atoms in total. The van der Waals surface area contributed by atoms with Crippen molar-refractivity contribution in [3.8, 4) is 22.3 Å². The van der Waals surface area contributed by atoms with Gasteiger partial charge in [0.1, 0.15) is 0 Å². The monoisotopic (exact) mass is 753 g/mol. The van der Waals surface area contributed by atoms with E-state index in [9.17, 15) is 0 Å². The first-order chi connectivity index (χ1) is 29.2. The van der Waals surface area contributed by atoms with E-state index >= 15 is 0 Å². The van der Waals surface area contributed by atoms with Gasteiger partial charge in [-0.25, -0.2) is 0 Å². The molecule has 0 heterocycles. The highest BCUT2D eigenvalue weighted by molar-refractivity contribution is 6.21. The third-order valence-corrected chi connectivity index (χ3v) is 10.9. The van der Waals surface area contributed by atoms with Crippen molar-refractivity contribution in [1.29, 1.82) is 0 Å². The average molecular weight is 754 g/mol. The van der Waals surface area contributed by atoms with Crippen molar-refractivity contribution in [2.75, 3.05) is 4.90 Å². The summed E-state index contributed by atoms with van der Waals surface area (Å²) >= 11 is 0. The van der Waals surface area contributed by atoms with E-state index in [4.69, 9.17) is 0 Å². The first kappa shape index (κ1) is 36.9. The van der Waals surface area contributed by atoms with E-state index in [2.05, 4.69) is 236 Å². The van der Waals surface area contributed by atoms with Crippen LogP contribution in [0.15, 0.2) is 237 Å². The van der Waals surface area contributed by atoms with Gasteiger partial charge in [0, 0.05) is 17.1 Å². The van der Waals surface area contributed by atoms with E-state index in [1.54, 1.807) is 6.08 Å². The fourth-order valence-electron chi connectivity index (χ4n) is 8.10. The smallest absolute Gasteiger partial charge is 0.0462 e. The van der Waals surface area contributed by atoms with Crippen LogP contribution in [0.4, 0.5) is 17.1 Å². The van der Waals surface area contributed by atoms with Crippen molar-refractivity contribution in [2.45, 2.75) is 0 Å². The summed E-state index contributed by atoms with van der Waals surface area (Å²) in [4.78, 5) is 2.29. The maximum atomic E-state index is 3.90. The van der Waals surface area contributed by atoms with Gasteiger partial charge in [0.15, 0.2) is 0 Å². The summed E-state index contributed by atoms with van der Waals surface area (Å²) in [5.74, 6) is 0. The first-order valence-electron chi connectivity index (χ1n) is 20.1. The number of para-hydroxylation sites is 1. The predicted molar refractivity (Wildman–Crippen MR) is 257 cm³/mol.